The van der Waals surface area contributed by atoms with Gasteiger partial charge in [-0.05, 0) is 89.1 Å². The zero-order chi connectivity index (χ0) is 35.4. The molecule has 49 heavy (non-hydrogen) atoms. The van der Waals surface area contributed by atoms with Crippen LogP contribution >= 0.6 is 0 Å². The lowest BCUT2D eigenvalue weighted by Gasteiger charge is -2.36. The highest BCUT2D eigenvalue weighted by atomic mass is 16.5. The van der Waals surface area contributed by atoms with E-state index in [1.54, 1.807) is 0 Å². The van der Waals surface area contributed by atoms with E-state index in [4.69, 9.17) is 4.74 Å². The first-order chi connectivity index (χ1) is 23.3. The van der Waals surface area contributed by atoms with Crippen molar-refractivity contribution in [2.45, 2.75) is 89.9 Å². The third-order valence-corrected chi connectivity index (χ3v) is 8.56. The van der Waals surface area contributed by atoms with Gasteiger partial charge >= 0.3 is 0 Å². The van der Waals surface area contributed by atoms with E-state index in [1.165, 1.54) is 22.3 Å². The van der Waals surface area contributed by atoms with Crippen LogP contribution in [0.25, 0.3) is 11.1 Å². The molecule has 2 atom stereocenters. The fourth-order valence-electron chi connectivity index (χ4n) is 5.76. The summed E-state index contributed by atoms with van der Waals surface area (Å²) >= 11 is 0. The van der Waals surface area contributed by atoms with Crippen molar-refractivity contribution in [3.05, 3.63) is 158 Å². The number of anilines is 1. The second-order valence-corrected chi connectivity index (χ2v) is 14.2. The fourth-order valence-corrected chi connectivity index (χ4v) is 5.76. The van der Waals surface area contributed by atoms with Crippen LogP contribution in [-0.2, 0) is 17.7 Å². The quantitative estimate of drug-likeness (QED) is 0.0692. The van der Waals surface area contributed by atoms with E-state index in [1.807, 2.05) is 45.4 Å². The number of imidazole rings is 1. The number of allylic oxidation sites excluding steroid dienone is 1. The lowest BCUT2D eigenvalue weighted by molar-refractivity contribution is 0.0356. The number of aryl methyl sites for hydroxylation is 2. The van der Waals surface area contributed by atoms with Gasteiger partial charge in [-0.25, -0.2) is 4.98 Å². The monoisotopic (exact) mass is 657 g/mol. The van der Waals surface area contributed by atoms with Crippen LogP contribution in [0.4, 0.5) is 5.82 Å². The first-order valence-electron chi connectivity index (χ1n) is 17.2. The van der Waals surface area contributed by atoms with Crippen molar-refractivity contribution in [1.29, 1.82) is 0 Å². The Balaban J connectivity index is 1.37. The molecule has 0 radical (unpaired) electrons. The Kier molecular flexibility index (Phi) is 12.7. The highest BCUT2D eigenvalue weighted by Gasteiger charge is 2.27. The first-order valence-corrected chi connectivity index (χ1v) is 17.2. The van der Waals surface area contributed by atoms with Gasteiger partial charge in [0, 0.05) is 30.1 Å². The van der Waals surface area contributed by atoms with Crippen molar-refractivity contribution in [1.82, 2.24) is 20.2 Å². The molecule has 0 aliphatic carbocycles. The second kappa shape index (κ2) is 16.9. The molecule has 0 saturated heterocycles. The van der Waals surface area contributed by atoms with Crippen molar-refractivity contribution >= 4 is 5.82 Å². The molecule has 0 aliphatic heterocycles. The number of benzene rings is 3. The SMILES string of the molecule is C=CC(CCn1cnc(NC(=C)C(CCCc2ccccc2)NC(=C)C(C)(C)NC(=C)OC(C)(C)C)c1)c1ccc(-c2ccccc2)cc1. The number of hydrogen-bond acceptors (Lipinski definition) is 5. The van der Waals surface area contributed by atoms with Crippen LogP contribution in [0.1, 0.15) is 70.9 Å². The summed E-state index contributed by atoms with van der Waals surface area (Å²) in [4.78, 5) is 4.66. The summed E-state index contributed by atoms with van der Waals surface area (Å²) in [5, 5.41) is 10.5. The van der Waals surface area contributed by atoms with E-state index in [0.29, 0.717) is 5.88 Å². The number of nitrogens with one attached hydrogen (secondary N) is 3. The normalized spacial score (nSPS) is 12.8. The highest BCUT2D eigenvalue weighted by molar-refractivity contribution is 5.63. The average Bonchev–Trinajstić information content (AvgIpc) is 3.51. The molecule has 258 valence electrons. The number of rotatable bonds is 19. The Hall–Kier alpha value is -4.97. The largest absolute Gasteiger partial charge is 0.474 e. The molecule has 4 aromatic rings. The van der Waals surface area contributed by atoms with Crippen molar-refractivity contribution < 1.29 is 4.74 Å². The van der Waals surface area contributed by atoms with E-state index < -0.39 is 5.54 Å². The summed E-state index contributed by atoms with van der Waals surface area (Å²) in [6, 6.07) is 29.8. The topological polar surface area (TPSA) is 63.1 Å². The van der Waals surface area contributed by atoms with Crippen molar-refractivity contribution in [2.75, 3.05) is 5.32 Å². The summed E-state index contributed by atoms with van der Waals surface area (Å²) in [6.07, 6.45) is 9.69. The Morgan fingerprint density at radius 3 is 2.12 bits per heavy atom. The van der Waals surface area contributed by atoms with Crippen LogP contribution in [0.15, 0.2) is 147 Å². The van der Waals surface area contributed by atoms with Crippen molar-refractivity contribution in [3.63, 3.8) is 0 Å². The summed E-state index contributed by atoms with van der Waals surface area (Å²) < 4.78 is 8.06. The molecule has 6 heteroatoms. The molecule has 3 aromatic carbocycles. The minimum atomic E-state index is -0.522. The molecule has 0 fully saturated rings. The maximum atomic E-state index is 5.94. The van der Waals surface area contributed by atoms with Crippen LogP contribution in [0.5, 0.6) is 0 Å². The van der Waals surface area contributed by atoms with E-state index in [-0.39, 0.29) is 17.6 Å². The van der Waals surface area contributed by atoms with Gasteiger partial charge in [0.05, 0.1) is 17.9 Å². The first kappa shape index (κ1) is 36.9. The van der Waals surface area contributed by atoms with Gasteiger partial charge < -0.3 is 25.3 Å². The lowest BCUT2D eigenvalue weighted by Crippen LogP contribution is -2.48. The van der Waals surface area contributed by atoms with E-state index >= 15 is 0 Å². The van der Waals surface area contributed by atoms with Crippen LogP contribution in [-0.4, -0.2) is 26.7 Å². The Morgan fingerprint density at radius 2 is 1.49 bits per heavy atom. The predicted octanol–water partition coefficient (Wildman–Crippen LogP) is 9.98. The third-order valence-electron chi connectivity index (χ3n) is 8.56. The molecule has 1 aromatic heterocycles. The number of aromatic nitrogens is 2. The third kappa shape index (κ3) is 11.6. The molecule has 0 saturated carbocycles. The second-order valence-electron chi connectivity index (χ2n) is 14.2. The predicted molar refractivity (Wildman–Crippen MR) is 207 cm³/mol. The van der Waals surface area contributed by atoms with Gasteiger partial charge in [0.15, 0.2) is 5.88 Å². The van der Waals surface area contributed by atoms with Gasteiger partial charge in [-0.3, -0.25) is 0 Å². The van der Waals surface area contributed by atoms with Crippen LogP contribution in [0, 0.1) is 0 Å². The molecule has 3 N–H and O–H groups in total. The summed E-state index contributed by atoms with van der Waals surface area (Å²) in [7, 11) is 0. The molecular formula is C43H55N5O. The standard InChI is InChI=1S/C43H55N5O/c1-10-36(38-24-26-39(27-25-38)37-21-15-12-16-22-37)28-29-48-30-41(44-31-48)45-32(2)40(23-17-20-35-18-13-11-14-19-35)46-33(3)43(8,9)47-34(4)49-42(5,6)7/h10-16,18-19,21-22,24-27,30-31,36,40,45-47H,1-4,17,20,23,28-29H2,5-9H3. The molecule has 6 nitrogen and oxygen atoms in total. The molecule has 2 unspecified atom stereocenters. The number of nitrogens with zero attached hydrogens (tertiary/aromatic N) is 2. The minimum absolute atomic E-state index is 0.0803. The van der Waals surface area contributed by atoms with Crippen LogP contribution in [0.3, 0.4) is 0 Å². The maximum absolute atomic E-state index is 5.94. The molecule has 4 rings (SSSR count). The van der Waals surface area contributed by atoms with Crippen LogP contribution in [0.2, 0.25) is 0 Å². The Bertz CT molecular complexity index is 1660. The summed E-state index contributed by atoms with van der Waals surface area (Å²) in [5.74, 6) is 1.51. The maximum Gasteiger partial charge on any atom is 0.180 e. The van der Waals surface area contributed by atoms with Gasteiger partial charge in [0.25, 0.3) is 0 Å². The molecular weight excluding hydrogens is 603 g/mol. The van der Waals surface area contributed by atoms with Gasteiger partial charge in [-0.1, -0.05) is 104 Å². The summed E-state index contributed by atoms with van der Waals surface area (Å²) in [6.45, 7) is 28.0. The Labute approximate surface area is 294 Å². The van der Waals surface area contributed by atoms with Gasteiger partial charge in [0.1, 0.15) is 11.4 Å². The minimum Gasteiger partial charge on any atom is -0.474 e. The molecule has 0 spiro atoms. The van der Waals surface area contributed by atoms with Crippen molar-refractivity contribution in [3.8, 4) is 11.1 Å². The van der Waals surface area contributed by atoms with Crippen LogP contribution < -0.4 is 16.0 Å². The zero-order valence-corrected chi connectivity index (χ0v) is 30.1. The fraction of sp³-hybridized carbons (Fsp3) is 0.326. The Morgan fingerprint density at radius 1 is 0.857 bits per heavy atom. The molecule has 1 heterocycles. The molecule has 0 aliphatic rings. The van der Waals surface area contributed by atoms with Gasteiger partial charge in [-0.2, -0.15) is 0 Å². The summed E-state index contributed by atoms with van der Waals surface area (Å²) in [5.41, 5.74) is 5.80. The highest BCUT2D eigenvalue weighted by Crippen LogP contribution is 2.26. The van der Waals surface area contributed by atoms with Gasteiger partial charge in [0.2, 0.25) is 0 Å². The number of ether oxygens (including phenoxy) is 1. The zero-order valence-electron chi connectivity index (χ0n) is 30.1. The van der Waals surface area contributed by atoms with E-state index in [0.717, 1.165) is 49.4 Å². The molecule has 0 amide bonds. The smallest absolute Gasteiger partial charge is 0.180 e. The molecule has 0 bridgehead atoms. The number of hydrogen-bond donors (Lipinski definition) is 3. The van der Waals surface area contributed by atoms with Gasteiger partial charge in [-0.15, -0.1) is 6.58 Å². The van der Waals surface area contributed by atoms with Crippen molar-refractivity contribution in [2.24, 2.45) is 0 Å². The van der Waals surface area contributed by atoms with E-state index in [9.17, 15) is 0 Å². The lowest BCUT2D eigenvalue weighted by atomic mass is 9.94. The van der Waals surface area contributed by atoms with E-state index in [2.05, 4.69) is 145 Å². The average molecular weight is 658 g/mol.